The van der Waals surface area contributed by atoms with E-state index in [1.165, 1.54) is 27.6 Å². The molecular formula is C58H71N11O6. The lowest BCUT2D eigenvalue weighted by molar-refractivity contribution is -0.111. The maximum absolute atomic E-state index is 14.1. The lowest BCUT2D eigenvalue weighted by atomic mass is 9.83. The van der Waals surface area contributed by atoms with Crippen molar-refractivity contribution in [1.82, 2.24) is 28.9 Å². The van der Waals surface area contributed by atoms with Crippen LogP contribution in [-0.2, 0) is 44.4 Å². The minimum Gasteiger partial charge on any atom is -0.392 e. The number of aliphatic hydroxyl groups excluding tert-OH is 1. The van der Waals surface area contributed by atoms with Crippen molar-refractivity contribution in [1.29, 1.82) is 0 Å². The molecule has 394 valence electrons. The third-order valence-electron chi connectivity index (χ3n) is 17.2. The molecule has 3 amide bonds. The first-order chi connectivity index (χ1) is 35.9. The molecular weight excluding hydrogens is 947 g/mol. The van der Waals surface area contributed by atoms with Crippen LogP contribution in [0.4, 0.5) is 34.4 Å². The molecule has 0 spiro atoms. The molecule has 0 radical (unpaired) electrons. The van der Waals surface area contributed by atoms with Gasteiger partial charge in [0.2, 0.25) is 5.91 Å². The van der Waals surface area contributed by atoms with Crippen molar-refractivity contribution in [2.75, 3.05) is 58.1 Å². The minimum atomic E-state index is -0.649. The lowest BCUT2D eigenvalue weighted by Gasteiger charge is -2.48. The van der Waals surface area contributed by atoms with Gasteiger partial charge in [-0.2, -0.15) is 0 Å². The summed E-state index contributed by atoms with van der Waals surface area (Å²) < 4.78 is 3.58. The average molecular weight is 1020 g/mol. The second-order valence-electron chi connectivity index (χ2n) is 23.1. The third kappa shape index (κ3) is 9.30. The number of piperazine rings is 1. The van der Waals surface area contributed by atoms with Crippen molar-refractivity contribution in [2.24, 2.45) is 12.5 Å². The normalized spacial score (nSPS) is 24.5. The Hall–Kier alpha value is -6.82. The molecule has 1 unspecified atom stereocenters. The zero-order valence-electron chi connectivity index (χ0n) is 44.2. The van der Waals surface area contributed by atoms with Crippen LogP contribution in [0.3, 0.4) is 0 Å². The predicted molar refractivity (Wildman–Crippen MR) is 292 cm³/mol. The van der Waals surface area contributed by atoms with Crippen LogP contribution in [0.1, 0.15) is 116 Å². The van der Waals surface area contributed by atoms with Crippen LogP contribution in [0.2, 0.25) is 0 Å². The monoisotopic (exact) mass is 1020 g/mol. The van der Waals surface area contributed by atoms with Gasteiger partial charge in [-0.05, 0) is 132 Å². The van der Waals surface area contributed by atoms with E-state index in [0.29, 0.717) is 78.2 Å². The Morgan fingerprint density at radius 2 is 1.65 bits per heavy atom. The highest BCUT2D eigenvalue weighted by molar-refractivity contribution is 6.06. The minimum absolute atomic E-state index is 0.0418. The number of pyridine rings is 1. The molecule has 0 bridgehead atoms. The van der Waals surface area contributed by atoms with Gasteiger partial charge in [-0.1, -0.05) is 26.5 Å². The maximum atomic E-state index is 14.1. The Kier molecular flexibility index (Phi) is 13.0. The number of carbonyl (C=O) groups is 3. The molecule has 2 saturated heterocycles. The van der Waals surface area contributed by atoms with Crippen LogP contribution in [0, 0.1) is 5.41 Å². The molecule has 11 rings (SSSR count). The highest BCUT2D eigenvalue weighted by Crippen LogP contribution is 2.43. The number of rotatable bonds is 11. The van der Waals surface area contributed by atoms with Crippen LogP contribution in [0.5, 0.6) is 0 Å². The fourth-order valence-electron chi connectivity index (χ4n) is 13.3. The molecule has 2 aromatic carbocycles. The van der Waals surface area contributed by atoms with Crippen LogP contribution in [-0.4, -0.2) is 119 Å². The standard InChI is InChI=1S/C58H71N11O6/c1-8-51(71)61-45-28-38(60-52-56(74)63(7)33-46(62-52)41-16-20-59-53(44(41)34-70)68-25-24-67-49(55(68)73)27-37-29-57(4,5)30-50(37)67)12-13-48(45)66-23-22-64(31-36(66)3)40-17-21-65(35(2)26-40)47-11-9-10-42-43(47)32-69(54(42)72)39-14-18-58(6,75)19-15-39/h8-13,16,20,27-28,33,35-36,39-40,70,75H,1,14-15,17-19,21-26,29-32,34H2,2-7H3,(H,60,62)(H,61,71)/t35-,36-,39?,40?,58?/m0/s1. The van der Waals surface area contributed by atoms with Crippen molar-refractivity contribution in [3.8, 4) is 11.3 Å². The van der Waals surface area contributed by atoms with Crippen LogP contribution >= 0.6 is 0 Å². The third-order valence-corrected chi connectivity index (χ3v) is 17.2. The Morgan fingerprint density at radius 3 is 2.40 bits per heavy atom. The Balaban J connectivity index is 0.778. The van der Waals surface area contributed by atoms with Gasteiger partial charge in [-0.15, -0.1) is 0 Å². The molecule has 3 fully saturated rings. The Morgan fingerprint density at radius 1 is 0.867 bits per heavy atom. The number of hydrogen-bond donors (Lipinski definition) is 4. The summed E-state index contributed by atoms with van der Waals surface area (Å²) >= 11 is 0. The first-order valence-corrected chi connectivity index (χ1v) is 26.9. The molecule has 17 heteroatoms. The fraction of sp³-hybridized carbons (Fsp3) is 0.483. The Labute approximate surface area is 438 Å². The van der Waals surface area contributed by atoms with Crippen LogP contribution < -0.4 is 30.9 Å². The first kappa shape index (κ1) is 50.3. The summed E-state index contributed by atoms with van der Waals surface area (Å²) in [6.07, 6.45) is 11.4. The van der Waals surface area contributed by atoms with Gasteiger partial charge in [-0.25, -0.2) is 9.97 Å². The van der Waals surface area contributed by atoms with E-state index in [1.807, 2.05) is 43.3 Å². The van der Waals surface area contributed by atoms with E-state index in [1.54, 1.807) is 30.4 Å². The molecule has 3 atom stereocenters. The molecule has 6 aliphatic rings. The van der Waals surface area contributed by atoms with Gasteiger partial charge in [0.1, 0.15) is 11.5 Å². The summed E-state index contributed by atoms with van der Waals surface area (Å²) in [6.45, 7) is 19.2. The number of nitrogens with zero attached hydrogens (tertiary/aromatic N) is 9. The topological polar surface area (TPSA) is 185 Å². The number of fused-ring (bicyclic) bond motifs is 4. The van der Waals surface area contributed by atoms with E-state index in [2.05, 4.69) is 80.1 Å². The number of aryl methyl sites for hydroxylation is 1. The zero-order chi connectivity index (χ0) is 52.7. The highest BCUT2D eigenvalue weighted by atomic mass is 16.3. The van der Waals surface area contributed by atoms with Gasteiger partial charge < -0.3 is 44.7 Å². The lowest BCUT2D eigenvalue weighted by Crippen LogP contribution is -2.58. The zero-order valence-corrected chi connectivity index (χ0v) is 44.2. The van der Waals surface area contributed by atoms with Gasteiger partial charge in [0, 0.05) is 129 Å². The molecule has 75 heavy (non-hydrogen) atoms. The first-order valence-electron chi connectivity index (χ1n) is 26.9. The van der Waals surface area contributed by atoms with Gasteiger partial charge in [0.15, 0.2) is 5.82 Å². The van der Waals surface area contributed by atoms with Gasteiger partial charge in [-0.3, -0.25) is 29.0 Å². The molecule has 17 nitrogen and oxygen atoms in total. The maximum Gasteiger partial charge on any atom is 0.293 e. The number of amides is 3. The second-order valence-corrected chi connectivity index (χ2v) is 23.1. The van der Waals surface area contributed by atoms with Crippen LogP contribution in [0.25, 0.3) is 11.3 Å². The number of benzene rings is 2. The van der Waals surface area contributed by atoms with Crippen molar-refractivity contribution in [3.05, 3.63) is 118 Å². The molecule has 4 N–H and O–H groups in total. The summed E-state index contributed by atoms with van der Waals surface area (Å²) in [4.78, 5) is 75.2. The van der Waals surface area contributed by atoms with Gasteiger partial charge in [0.05, 0.1) is 29.3 Å². The summed E-state index contributed by atoms with van der Waals surface area (Å²) in [5, 5.41) is 27.7. The van der Waals surface area contributed by atoms with E-state index in [-0.39, 0.29) is 52.6 Å². The molecule has 7 heterocycles. The van der Waals surface area contributed by atoms with Crippen molar-refractivity contribution >= 4 is 52.1 Å². The molecule has 3 aromatic heterocycles. The number of anilines is 6. The van der Waals surface area contributed by atoms with Crippen LogP contribution in [0.15, 0.2) is 78.4 Å². The number of nitrogens with one attached hydrogen (secondary N) is 2. The largest absolute Gasteiger partial charge is 0.392 e. The smallest absolute Gasteiger partial charge is 0.293 e. The molecule has 4 aliphatic heterocycles. The summed E-state index contributed by atoms with van der Waals surface area (Å²) in [7, 11) is 1.64. The number of aromatic nitrogens is 4. The van der Waals surface area contributed by atoms with Crippen molar-refractivity contribution in [2.45, 2.75) is 135 Å². The predicted octanol–water partition coefficient (Wildman–Crippen LogP) is 7.01. The van der Waals surface area contributed by atoms with Gasteiger partial charge >= 0.3 is 0 Å². The summed E-state index contributed by atoms with van der Waals surface area (Å²) in [5.74, 6) is -0.0123. The van der Waals surface area contributed by atoms with E-state index in [4.69, 9.17) is 4.98 Å². The van der Waals surface area contributed by atoms with E-state index in [0.717, 1.165) is 81.5 Å². The van der Waals surface area contributed by atoms with E-state index in [9.17, 15) is 29.4 Å². The highest BCUT2D eigenvalue weighted by Gasteiger charge is 2.42. The number of carbonyl (C=O) groups excluding carboxylic acids is 3. The van der Waals surface area contributed by atoms with Crippen molar-refractivity contribution in [3.63, 3.8) is 0 Å². The summed E-state index contributed by atoms with van der Waals surface area (Å²) in [6, 6.07) is 16.5. The molecule has 5 aromatic rings. The van der Waals surface area contributed by atoms with E-state index >= 15 is 0 Å². The molecule has 2 aliphatic carbocycles. The van der Waals surface area contributed by atoms with E-state index < -0.39 is 12.2 Å². The average Bonchev–Trinajstić information content (AvgIpc) is 4.02. The second kappa shape index (κ2) is 19.4. The molecule has 1 saturated carbocycles. The number of aliphatic hydroxyl groups is 2. The quantitative estimate of drug-likeness (QED) is 0.0995. The van der Waals surface area contributed by atoms with Crippen molar-refractivity contribution < 1.29 is 24.6 Å². The fourth-order valence-corrected chi connectivity index (χ4v) is 13.3. The Bertz CT molecular complexity index is 3170. The number of piperidine rings is 1. The number of hydrogen-bond acceptors (Lipinski definition) is 12. The SMILES string of the molecule is C=CC(=O)Nc1cc(Nc2nc(-c3ccnc(N4CCn5c(cc6c5CC(C)(C)C6)C4=O)c3CO)cn(C)c2=O)ccc1N1CCN(C2CCN(c3cccc4c3CN(C3CCC(C)(O)CC3)C4=O)[C@@H](C)C2)C[C@@H]1C. The van der Waals surface area contributed by atoms with Gasteiger partial charge in [0.25, 0.3) is 17.4 Å². The summed E-state index contributed by atoms with van der Waals surface area (Å²) in [5.41, 5.74) is 8.64.